The lowest BCUT2D eigenvalue weighted by molar-refractivity contribution is 0.264. The van der Waals surface area contributed by atoms with Crippen LogP contribution in [-0.4, -0.2) is 7.11 Å². The number of ether oxygens (including phenoxy) is 1. The van der Waals surface area contributed by atoms with Crippen LogP contribution in [0.3, 0.4) is 0 Å². The molecule has 0 bridgehead atoms. The van der Waals surface area contributed by atoms with Crippen LogP contribution < -0.4 is 10.5 Å². The minimum Gasteiger partial charge on any atom is -0.497 e. The second kappa shape index (κ2) is 5.38. The Morgan fingerprint density at radius 2 is 2.13 bits per heavy atom. The van der Waals surface area contributed by atoms with E-state index in [1.807, 2.05) is 18.2 Å². The number of hydrogen-bond acceptors (Lipinski definition) is 2. The minimum atomic E-state index is 0. The molecule has 2 N–H and O–H groups in total. The molecular formula is C12H18ClNO. The Hall–Kier alpha value is -0.730. The summed E-state index contributed by atoms with van der Waals surface area (Å²) in [5.74, 6) is 1.58. The van der Waals surface area contributed by atoms with Crippen molar-refractivity contribution in [1.82, 2.24) is 0 Å². The Balaban J connectivity index is 0.00000112. The fourth-order valence-corrected chi connectivity index (χ4v) is 1.92. The van der Waals surface area contributed by atoms with Crippen molar-refractivity contribution in [3.05, 3.63) is 29.8 Å². The zero-order valence-corrected chi connectivity index (χ0v) is 9.80. The molecule has 15 heavy (non-hydrogen) atoms. The van der Waals surface area contributed by atoms with E-state index in [1.165, 1.54) is 24.8 Å². The summed E-state index contributed by atoms with van der Waals surface area (Å²) in [5.41, 5.74) is 7.37. The molecule has 0 aliphatic heterocycles. The minimum absolute atomic E-state index is 0. The lowest BCUT2D eigenvalue weighted by atomic mass is 9.77. The number of benzene rings is 1. The maximum atomic E-state index is 6.17. The topological polar surface area (TPSA) is 35.2 Å². The van der Waals surface area contributed by atoms with Gasteiger partial charge in [0.25, 0.3) is 0 Å². The molecule has 1 aromatic carbocycles. The quantitative estimate of drug-likeness (QED) is 0.862. The number of hydrogen-bond donors (Lipinski definition) is 1. The van der Waals surface area contributed by atoms with E-state index in [1.54, 1.807) is 7.11 Å². The highest BCUT2D eigenvalue weighted by Gasteiger charge is 2.25. The van der Waals surface area contributed by atoms with Gasteiger partial charge in [-0.1, -0.05) is 18.6 Å². The lowest BCUT2D eigenvalue weighted by Crippen LogP contribution is -2.26. The van der Waals surface area contributed by atoms with Gasteiger partial charge in [0.05, 0.1) is 7.11 Å². The molecule has 0 amide bonds. The van der Waals surface area contributed by atoms with E-state index >= 15 is 0 Å². The van der Waals surface area contributed by atoms with E-state index < -0.39 is 0 Å². The van der Waals surface area contributed by atoms with Gasteiger partial charge in [-0.25, -0.2) is 0 Å². The summed E-state index contributed by atoms with van der Waals surface area (Å²) >= 11 is 0. The van der Waals surface area contributed by atoms with E-state index in [4.69, 9.17) is 10.5 Å². The maximum Gasteiger partial charge on any atom is 0.119 e. The van der Waals surface area contributed by atoms with Crippen molar-refractivity contribution in [3.8, 4) is 5.75 Å². The first-order valence-electron chi connectivity index (χ1n) is 5.21. The Morgan fingerprint density at radius 1 is 1.40 bits per heavy atom. The van der Waals surface area contributed by atoms with Crippen LogP contribution in [0, 0.1) is 5.92 Å². The lowest BCUT2D eigenvalue weighted by Gasteiger charge is -2.31. The molecule has 0 aromatic heterocycles. The van der Waals surface area contributed by atoms with Crippen LogP contribution in [0.5, 0.6) is 5.75 Å². The zero-order chi connectivity index (χ0) is 9.97. The highest BCUT2D eigenvalue weighted by Crippen LogP contribution is 2.36. The maximum absolute atomic E-state index is 6.17. The van der Waals surface area contributed by atoms with Crippen LogP contribution in [0.25, 0.3) is 0 Å². The van der Waals surface area contributed by atoms with Crippen LogP contribution in [0.4, 0.5) is 0 Å². The average Bonchev–Trinajstić information content (AvgIpc) is 2.15. The Labute approximate surface area is 97.2 Å². The summed E-state index contributed by atoms with van der Waals surface area (Å²) in [5, 5.41) is 0. The highest BCUT2D eigenvalue weighted by molar-refractivity contribution is 5.85. The van der Waals surface area contributed by atoms with Gasteiger partial charge in [-0.05, 0) is 36.5 Å². The fourth-order valence-electron chi connectivity index (χ4n) is 1.92. The van der Waals surface area contributed by atoms with Gasteiger partial charge in [0.15, 0.2) is 0 Å². The summed E-state index contributed by atoms with van der Waals surface area (Å²) < 4.78 is 5.18. The molecular weight excluding hydrogens is 210 g/mol. The molecule has 3 heteroatoms. The van der Waals surface area contributed by atoms with Crippen LogP contribution >= 0.6 is 12.4 Å². The molecule has 0 spiro atoms. The molecule has 1 atom stereocenters. The SMILES string of the molecule is COc1cccc(C(N)C2CCC2)c1.Cl. The van der Waals surface area contributed by atoms with E-state index in [9.17, 15) is 0 Å². The zero-order valence-electron chi connectivity index (χ0n) is 8.98. The Bertz CT molecular complexity index is 312. The van der Waals surface area contributed by atoms with Crippen LogP contribution in [-0.2, 0) is 0 Å². The molecule has 0 heterocycles. The van der Waals surface area contributed by atoms with Crippen molar-refractivity contribution in [2.75, 3.05) is 7.11 Å². The Kier molecular flexibility index (Phi) is 4.43. The van der Waals surface area contributed by atoms with Gasteiger partial charge in [0.2, 0.25) is 0 Å². The predicted molar refractivity (Wildman–Crippen MR) is 64.5 cm³/mol. The third kappa shape index (κ3) is 2.64. The highest BCUT2D eigenvalue weighted by atomic mass is 35.5. The second-order valence-electron chi connectivity index (χ2n) is 3.99. The van der Waals surface area contributed by atoms with Gasteiger partial charge in [-0.15, -0.1) is 12.4 Å². The molecule has 1 aromatic rings. The van der Waals surface area contributed by atoms with Crippen molar-refractivity contribution in [2.45, 2.75) is 25.3 Å². The molecule has 84 valence electrons. The van der Waals surface area contributed by atoms with Gasteiger partial charge in [0.1, 0.15) is 5.75 Å². The van der Waals surface area contributed by atoms with E-state index in [0.717, 1.165) is 5.75 Å². The first-order valence-corrected chi connectivity index (χ1v) is 5.21. The summed E-state index contributed by atoms with van der Waals surface area (Å²) in [6.45, 7) is 0. The van der Waals surface area contributed by atoms with E-state index in [0.29, 0.717) is 5.92 Å². The molecule has 0 saturated heterocycles. The summed E-state index contributed by atoms with van der Waals surface area (Å²) in [7, 11) is 1.69. The molecule has 0 radical (unpaired) electrons. The third-order valence-corrected chi connectivity index (χ3v) is 3.14. The Morgan fingerprint density at radius 3 is 2.67 bits per heavy atom. The van der Waals surface area contributed by atoms with Gasteiger partial charge in [-0.2, -0.15) is 0 Å². The van der Waals surface area contributed by atoms with E-state index in [-0.39, 0.29) is 18.4 Å². The predicted octanol–water partition coefficient (Wildman–Crippen LogP) is 2.92. The molecule has 2 nitrogen and oxygen atoms in total. The molecule has 1 fully saturated rings. The van der Waals surface area contributed by atoms with E-state index in [2.05, 4.69) is 6.07 Å². The van der Waals surface area contributed by atoms with Gasteiger partial charge in [-0.3, -0.25) is 0 Å². The number of rotatable bonds is 3. The molecule has 2 rings (SSSR count). The van der Waals surface area contributed by atoms with Gasteiger partial charge in [0, 0.05) is 6.04 Å². The summed E-state index contributed by atoms with van der Waals surface area (Å²) in [4.78, 5) is 0. The van der Waals surface area contributed by atoms with Crippen molar-refractivity contribution in [3.63, 3.8) is 0 Å². The van der Waals surface area contributed by atoms with Gasteiger partial charge >= 0.3 is 0 Å². The number of halogens is 1. The molecule has 1 unspecified atom stereocenters. The summed E-state index contributed by atoms with van der Waals surface area (Å²) in [6.07, 6.45) is 3.89. The first-order chi connectivity index (χ1) is 6.81. The van der Waals surface area contributed by atoms with Crippen LogP contribution in [0.2, 0.25) is 0 Å². The molecule has 1 aliphatic carbocycles. The standard InChI is InChI=1S/C12H17NO.ClH/c1-14-11-7-3-6-10(8-11)12(13)9-4-2-5-9;/h3,6-9,12H,2,4-5,13H2,1H3;1H. The van der Waals surface area contributed by atoms with Crippen molar-refractivity contribution < 1.29 is 4.74 Å². The van der Waals surface area contributed by atoms with Crippen molar-refractivity contribution >= 4 is 12.4 Å². The fraction of sp³-hybridized carbons (Fsp3) is 0.500. The first kappa shape index (κ1) is 12.3. The molecule has 1 saturated carbocycles. The average molecular weight is 228 g/mol. The monoisotopic (exact) mass is 227 g/mol. The normalized spacial score (nSPS) is 17.5. The van der Waals surface area contributed by atoms with Crippen LogP contribution in [0.15, 0.2) is 24.3 Å². The summed E-state index contributed by atoms with van der Waals surface area (Å²) in [6, 6.07) is 8.29. The largest absolute Gasteiger partial charge is 0.497 e. The number of nitrogens with two attached hydrogens (primary N) is 1. The van der Waals surface area contributed by atoms with Crippen LogP contribution in [0.1, 0.15) is 30.9 Å². The number of methoxy groups -OCH3 is 1. The van der Waals surface area contributed by atoms with Crippen molar-refractivity contribution in [2.24, 2.45) is 11.7 Å². The molecule has 1 aliphatic rings. The second-order valence-corrected chi connectivity index (χ2v) is 3.99. The van der Waals surface area contributed by atoms with Crippen molar-refractivity contribution in [1.29, 1.82) is 0 Å². The third-order valence-electron chi connectivity index (χ3n) is 3.14. The van der Waals surface area contributed by atoms with Gasteiger partial charge < -0.3 is 10.5 Å². The smallest absolute Gasteiger partial charge is 0.119 e.